The molecule has 33 heavy (non-hydrogen) atoms. The average molecular weight is 467 g/mol. The van der Waals surface area contributed by atoms with Crippen LogP contribution in [0, 0.1) is 5.82 Å². The first-order chi connectivity index (χ1) is 15.8. The van der Waals surface area contributed by atoms with Crippen LogP contribution >= 0.6 is 11.3 Å². The fourth-order valence-electron chi connectivity index (χ4n) is 4.09. The SMILES string of the molecule is C[C@H](c1nccs1)N(C)C(=O)C[C@]1(c2cccc(F)c2)CC(=O)N(Cc2cccnc2)C1=O. The van der Waals surface area contributed by atoms with Gasteiger partial charge in [-0.05, 0) is 36.2 Å². The van der Waals surface area contributed by atoms with Crippen molar-refractivity contribution >= 4 is 29.1 Å². The van der Waals surface area contributed by atoms with Gasteiger partial charge in [-0.15, -0.1) is 11.3 Å². The van der Waals surface area contributed by atoms with Crippen LogP contribution in [0.1, 0.15) is 41.9 Å². The van der Waals surface area contributed by atoms with Gasteiger partial charge in [0.1, 0.15) is 10.8 Å². The molecule has 0 radical (unpaired) electrons. The van der Waals surface area contributed by atoms with Gasteiger partial charge in [-0.3, -0.25) is 24.3 Å². The van der Waals surface area contributed by atoms with Gasteiger partial charge < -0.3 is 4.90 Å². The molecule has 9 heteroatoms. The van der Waals surface area contributed by atoms with Crippen molar-refractivity contribution in [3.05, 3.63) is 82.3 Å². The molecule has 3 aromatic rings. The Bertz CT molecular complexity index is 1170. The van der Waals surface area contributed by atoms with Gasteiger partial charge in [0, 0.05) is 43.9 Å². The number of hydrogen-bond acceptors (Lipinski definition) is 6. The van der Waals surface area contributed by atoms with Crippen LogP contribution in [0.2, 0.25) is 0 Å². The Labute approximate surface area is 194 Å². The van der Waals surface area contributed by atoms with Crippen LogP contribution in [0.25, 0.3) is 0 Å². The quantitative estimate of drug-likeness (QED) is 0.498. The first-order valence-corrected chi connectivity index (χ1v) is 11.3. The molecule has 0 spiro atoms. The van der Waals surface area contributed by atoms with E-state index in [9.17, 15) is 18.8 Å². The molecule has 0 bridgehead atoms. The Morgan fingerprint density at radius 2 is 2.09 bits per heavy atom. The topological polar surface area (TPSA) is 83.5 Å². The summed E-state index contributed by atoms with van der Waals surface area (Å²) in [5, 5.41) is 2.59. The number of nitrogens with zero attached hydrogens (tertiary/aromatic N) is 4. The van der Waals surface area contributed by atoms with Crippen molar-refractivity contribution in [2.45, 2.75) is 37.8 Å². The van der Waals surface area contributed by atoms with Gasteiger partial charge in [0.2, 0.25) is 17.7 Å². The number of imide groups is 1. The molecule has 1 fully saturated rings. The Hall–Kier alpha value is -3.46. The molecular weight excluding hydrogens is 443 g/mol. The number of carbonyl (C=O) groups excluding carboxylic acids is 3. The molecule has 4 rings (SSSR count). The van der Waals surface area contributed by atoms with E-state index in [-0.39, 0.29) is 31.3 Å². The standard InChI is InChI=1S/C24H23FN4O3S/c1-16(22-27-9-10-33-22)28(2)20(30)12-24(18-6-3-7-19(25)11-18)13-21(31)29(23(24)32)15-17-5-4-8-26-14-17/h3-11,14,16H,12-13,15H2,1-2H3/t16-,24-/m1/s1. The highest BCUT2D eigenvalue weighted by Crippen LogP contribution is 2.41. The second-order valence-electron chi connectivity index (χ2n) is 8.14. The van der Waals surface area contributed by atoms with Gasteiger partial charge >= 0.3 is 0 Å². The molecule has 170 valence electrons. The van der Waals surface area contributed by atoms with Crippen molar-refractivity contribution in [2.24, 2.45) is 0 Å². The summed E-state index contributed by atoms with van der Waals surface area (Å²) in [6.45, 7) is 1.89. The van der Waals surface area contributed by atoms with Crippen molar-refractivity contribution in [2.75, 3.05) is 7.05 Å². The summed E-state index contributed by atoms with van der Waals surface area (Å²) >= 11 is 1.43. The predicted molar refractivity (Wildman–Crippen MR) is 120 cm³/mol. The third-order valence-corrected chi connectivity index (χ3v) is 7.03. The maximum Gasteiger partial charge on any atom is 0.241 e. The largest absolute Gasteiger partial charge is 0.337 e. The third kappa shape index (κ3) is 4.41. The van der Waals surface area contributed by atoms with E-state index in [2.05, 4.69) is 9.97 Å². The van der Waals surface area contributed by atoms with E-state index >= 15 is 0 Å². The molecule has 1 aromatic carbocycles. The number of hydrogen-bond donors (Lipinski definition) is 0. The number of amides is 3. The van der Waals surface area contributed by atoms with Crippen molar-refractivity contribution in [1.29, 1.82) is 0 Å². The normalized spacial score (nSPS) is 19.1. The van der Waals surface area contributed by atoms with Gasteiger partial charge in [0.25, 0.3) is 0 Å². The van der Waals surface area contributed by atoms with Crippen LogP contribution in [0.3, 0.4) is 0 Å². The van der Waals surface area contributed by atoms with E-state index in [1.807, 2.05) is 12.3 Å². The first kappa shape index (κ1) is 22.7. The maximum absolute atomic E-state index is 14.1. The van der Waals surface area contributed by atoms with E-state index in [1.54, 1.807) is 43.8 Å². The second kappa shape index (κ2) is 9.19. The number of thiazole rings is 1. The van der Waals surface area contributed by atoms with E-state index in [0.717, 1.165) is 9.91 Å². The van der Waals surface area contributed by atoms with E-state index in [4.69, 9.17) is 0 Å². The molecule has 1 aliphatic heterocycles. The Morgan fingerprint density at radius 1 is 1.27 bits per heavy atom. The van der Waals surface area contributed by atoms with Crippen molar-refractivity contribution in [3.63, 3.8) is 0 Å². The van der Waals surface area contributed by atoms with Crippen LogP contribution in [-0.2, 0) is 26.3 Å². The van der Waals surface area contributed by atoms with Crippen molar-refractivity contribution < 1.29 is 18.8 Å². The smallest absolute Gasteiger partial charge is 0.241 e. The molecule has 1 aliphatic rings. The lowest BCUT2D eigenvalue weighted by molar-refractivity contribution is -0.143. The number of rotatable bonds is 7. The Balaban J connectivity index is 1.67. The van der Waals surface area contributed by atoms with Crippen LogP contribution < -0.4 is 0 Å². The summed E-state index contributed by atoms with van der Waals surface area (Å²) in [5.41, 5.74) is -0.469. The lowest BCUT2D eigenvalue weighted by Gasteiger charge is -2.31. The fourth-order valence-corrected chi connectivity index (χ4v) is 4.83. The number of benzene rings is 1. The molecule has 0 aliphatic carbocycles. The lowest BCUT2D eigenvalue weighted by Crippen LogP contribution is -2.43. The zero-order chi connectivity index (χ0) is 23.6. The number of aromatic nitrogens is 2. The van der Waals surface area contributed by atoms with Gasteiger partial charge in [-0.1, -0.05) is 18.2 Å². The number of halogens is 1. The summed E-state index contributed by atoms with van der Waals surface area (Å²) in [4.78, 5) is 51.0. The molecule has 2 atom stereocenters. The number of pyridine rings is 1. The van der Waals surface area contributed by atoms with Gasteiger partial charge in [0.05, 0.1) is 18.0 Å². The van der Waals surface area contributed by atoms with Gasteiger partial charge in [-0.2, -0.15) is 0 Å². The highest BCUT2D eigenvalue weighted by molar-refractivity contribution is 7.09. The zero-order valence-electron chi connectivity index (χ0n) is 18.3. The lowest BCUT2D eigenvalue weighted by atomic mass is 9.75. The molecule has 0 N–H and O–H groups in total. The van der Waals surface area contributed by atoms with Gasteiger partial charge in [-0.25, -0.2) is 9.37 Å². The average Bonchev–Trinajstić information content (AvgIpc) is 3.43. The number of likely N-dealkylation sites (tertiary alicyclic amines) is 1. The molecule has 3 amide bonds. The summed E-state index contributed by atoms with van der Waals surface area (Å²) in [6.07, 6.45) is 4.39. The van der Waals surface area contributed by atoms with Crippen LogP contribution in [0.15, 0.2) is 60.4 Å². The first-order valence-electron chi connectivity index (χ1n) is 10.5. The summed E-state index contributed by atoms with van der Waals surface area (Å²) in [5.74, 6) is -1.77. The molecule has 0 saturated carbocycles. The highest BCUT2D eigenvalue weighted by Gasteiger charge is 2.54. The monoisotopic (exact) mass is 466 g/mol. The summed E-state index contributed by atoms with van der Waals surface area (Å²) in [6, 6.07) is 8.77. The third-order valence-electron chi connectivity index (χ3n) is 6.09. The zero-order valence-corrected chi connectivity index (χ0v) is 19.1. The molecular formula is C24H23FN4O3S. The van der Waals surface area contributed by atoms with Crippen LogP contribution in [0.4, 0.5) is 4.39 Å². The molecule has 3 heterocycles. The second-order valence-corrected chi connectivity index (χ2v) is 9.07. The molecule has 2 aromatic heterocycles. The van der Waals surface area contributed by atoms with Crippen LogP contribution in [-0.4, -0.2) is 44.5 Å². The van der Waals surface area contributed by atoms with E-state index < -0.39 is 23.0 Å². The maximum atomic E-state index is 14.1. The van der Waals surface area contributed by atoms with Gasteiger partial charge in [0.15, 0.2) is 0 Å². The Kier molecular flexibility index (Phi) is 6.33. The predicted octanol–water partition coefficient (Wildman–Crippen LogP) is 3.48. The minimum atomic E-state index is -1.48. The minimum absolute atomic E-state index is 0.0438. The summed E-state index contributed by atoms with van der Waals surface area (Å²) in [7, 11) is 1.64. The molecule has 7 nitrogen and oxygen atoms in total. The van der Waals surface area contributed by atoms with E-state index in [0.29, 0.717) is 11.1 Å². The molecule has 0 unspecified atom stereocenters. The van der Waals surface area contributed by atoms with Crippen LogP contribution in [0.5, 0.6) is 0 Å². The Morgan fingerprint density at radius 3 is 2.76 bits per heavy atom. The highest BCUT2D eigenvalue weighted by atomic mass is 32.1. The fraction of sp³-hybridized carbons (Fsp3) is 0.292. The minimum Gasteiger partial charge on any atom is -0.337 e. The number of carbonyl (C=O) groups is 3. The van der Waals surface area contributed by atoms with Crippen molar-refractivity contribution in [1.82, 2.24) is 19.8 Å². The van der Waals surface area contributed by atoms with Crippen molar-refractivity contribution in [3.8, 4) is 0 Å². The molecule has 1 saturated heterocycles. The van der Waals surface area contributed by atoms with E-state index in [1.165, 1.54) is 34.4 Å². The summed E-state index contributed by atoms with van der Waals surface area (Å²) < 4.78 is 14.1.